The van der Waals surface area contributed by atoms with E-state index in [-0.39, 0.29) is 29.8 Å². The Morgan fingerprint density at radius 2 is 2.00 bits per heavy atom. The molecule has 1 saturated heterocycles. The summed E-state index contributed by atoms with van der Waals surface area (Å²) in [6.45, 7) is 4.54. The van der Waals surface area contributed by atoms with E-state index in [4.69, 9.17) is 19.9 Å². The van der Waals surface area contributed by atoms with Crippen LogP contribution in [0.5, 0.6) is 11.5 Å². The highest BCUT2D eigenvalue weighted by Crippen LogP contribution is 2.33. The second-order valence-electron chi connectivity index (χ2n) is 7.68. The quantitative estimate of drug-likeness (QED) is 0.494. The van der Waals surface area contributed by atoms with Crippen LogP contribution in [0.4, 0.5) is 11.4 Å². The normalized spacial score (nSPS) is 21.9. The zero-order valence-corrected chi connectivity index (χ0v) is 19.6. The van der Waals surface area contributed by atoms with Gasteiger partial charge in [0.15, 0.2) is 5.17 Å². The molecule has 0 aromatic heterocycles. The number of hydrogen-bond donors (Lipinski definition) is 4. The predicted molar refractivity (Wildman–Crippen MR) is 132 cm³/mol. The third-order valence-corrected chi connectivity index (χ3v) is 6.38. The first-order valence-electron chi connectivity index (χ1n) is 10.8. The zero-order chi connectivity index (χ0) is 23.4. The fourth-order valence-electron chi connectivity index (χ4n) is 3.83. The van der Waals surface area contributed by atoms with E-state index in [1.807, 2.05) is 62.4 Å². The molecule has 2 aliphatic heterocycles. The molecular weight excluding hydrogens is 440 g/mol. The number of fused-ring (bicyclic) bond motifs is 1. The van der Waals surface area contributed by atoms with Crippen LogP contribution in [0.1, 0.15) is 13.8 Å². The molecule has 3 atom stereocenters. The molecule has 1 fully saturated rings. The standard InChI is InChI=1S/C23H28N6O3S/c1-4-32-17-10-8-15(9-11-17)25-19(30)13-33-23-26-22-20(14(2)27-28-22)21(24)29(23)16-6-5-7-18(12-16)31-3/h5-12,14,20,22,24,27-28H,4,13H2,1-3H3,(H,25,30). The number of amides is 1. The minimum Gasteiger partial charge on any atom is -0.497 e. The van der Waals surface area contributed by atoms with Crippen LogP contribution in [-0.4, -0.2) is 48.6 Å². The van der Waals surface area contributed by atoms with E-state index in [0.29, 0.717) is 29.0 Å². The average molecular weight is 469 g/mol. The van der Waals surface area contributed by atoms with Crippen LogP contribution in [-0.2, 0) is 4.79 Å². The van der Waals surface area contributed by atoms with Crippen LogP contribution in [0, 0.1) is 11.3 Å². The minimum atomic E-state index is -0.258. The fourth-order valence-corrected chi connectivity index (χ4v) is 4.68. The van der Waals surface area contributed by atoms with Gasteiger partial charge in [-0.15, -0.1) is 0 Å². The molecule has 2 heterocycles. The lowest BCUT2D eigenvalue weighted by atomic mass is 9.97. The van der Waals surface area contributed by atoms with Crippen LogP contribution in [0.3, 0.4) is 0 Å². The predicted octanol–water partition coefficient (Wildman–Crippen LogP) is 3.06. The number of amidine groups is 2. The number of ether oxygens (including phenoxy) is 2. The summed E-state index contributed by atoms with van der Waals surface area (Å²) in [6.07, 6.45) is -0.258. The molecule has 0 aliphatic carbocycles. The van der Waals surface area contributed by atoms with Gasteiger partial charge in [0, 0.05) is 17.8 Å². The molecule has 0 saturated carbocycles. The van der Waals surface area contributed by atoms with E-state index >= 15 is 0 Å². The van der Waals surface area contributed by atoms with Gasteiger partial charge >= 0.3 is 0 Å². The Labute approximate surface area is 197 Å². The monoisotopic (exact) mass is 468 g/mol. The van der Waals surface area contributed by atoms with E-state index in [1.165, 1.54) is 11.8 Å². The number of benzene rings is 2. The van der Waals surface area contributed by atoms with Gasteiger partial charge in [-0.1, -0.05) is 17.8 Å². The van der Waals surface area contributed by atoms with Crippen molar-refractivity contribution in [3.05, 3.63) is 48.5 Å². The summed E-state index contributed by atoms with van der Waals surface area (Å²) in [5, 5.41) is 12.4. The summed E-state index contributed by atoms with van der Waals surface area (Å²) in [5.74, 6) is 1.74. The largest absolute Gasteiger partial charge is 0.497 e. The summed E-state index contributed by atoms with van der Waals surface area (Å²) >= 11 is 1.30. The van der Waals surface area contributed by atoms with E-state index in [0.717, 1.165) is 11.4 Å². The molecule has 0 spiro atoms. The van der Waals surface area contributed by atoms with Crippen molar-refractivity contribution < 1.29 is 14.3 Å². The maximum absolute atomic E-state index is 12.6. The van der Waals surface area contributed by atoms with Crippen LogP contribution in [0.15, 0.2) is 53.5 Å². The van der Waals surface area contributed by atoms with Crippen molar-refractivity contribution in [2.24, 2.45) is 10.9 Å². The van der Waals surface area contributed by atoms with Gasteiger partial charge in [-0.25, -0.2) is 10.4 Å². The molecule has 4 N–H and O–H groups in total. The molecule has 2 aromatic carbocycles. The molecule has 33 heavy (non-hydrogen) atoms. The number of aliphatic imine (C=N–C) groups is 1. The lowest BCUT2D eigenvalue weighted by Crippen LogP contribution is -2.50. The molecule has 2 aromatic rings. The molecule has 2 aliphatic rings. The smallest absolute Gasteiger partial charge is 0.234 e. The number of hydrazine groups is 1. The van der Waals surface area contributed by atoms with Crippen LogP contribution in [0.2, 0.25) is 0 Å². The fraction of sp³-hybridized carbons (Fsp3) is 0.348. The van der Waals surface area contributed by atoms with Crippen molar-refractivity contribution in [2.75, 3.05) is 29.7 Å². The Balaban J connectivity index is 1.50. The molecule has 1 amide bonds. The Morgan fingerprint density at radius 1 is 1.21 bits per heavy atom. The second kappa shape index (κ2) is 10.2. The van der Waals surface area contributed by atoms with Crippen molar-refractivity contribution in [3.63, 3.8) is 0 Å². The molecule has 9 nitrogen and oxygen atoms in total. The summed E-state index contributed by atoms with van der Waals surface area (Å²) in [7, 11) is 1.61. The third-order valence-electron chi connectivity index (χ3n) is 5.43. The maximum Gasteiger partial charge on any atom is 0.234 e. The van der Waals surface area contributed by atoms with Gasteiger partial charge in [0.2, 0.25) is 5.91 Å². The molecular formula is C23H28N6O3S. The first-order chi connectivity index (χ1) is 16.0. The Morgan fingerprint density at radius 3 is 2.73 bits per heavy atom. The van der Waals surface area contributed by atoms with Gasteiger partial charge in [0.05, 0.1) is 31.1 Å². The van der Waals surface area contributed by atoms with Gasteiger partial charge in [0.1, 0.15) is 23.5 Å². The molecule has 3 unspecified atom stereocenters. The summed E-state index contributed by atoms with van der Waals surface area (Å²) in [6, 6.07) is 14.8. The minimum absolute atomic E-state index is 0.0499. The highest BCUT2D eigenvalue weighted by molar-refractivity contribution is 8.14. The Bertz CT molecular complexity index is 1040. The number of methoxy groups -OCH3 is 1. The number of hydrogen-bond acceptors (Lipinski definition) is 8. The molecule has 174 valence electrons. The average Bonchev–Trinajstić information content (AvgIpc) is 3.20. The van der Waals surface area contributed by atoms with Crippen LogP contribution >= 0.6 is 11.8 Å². The van der Waals surface area contributed by atoms with Gasteiger partial charge in [-0.05, 0) is 50.2 Å². The highest BCUT2D eigenvalue weighted by Gasteiger charge is 2.43. The number of rotatable bonds is 7. The number of carbonyl (C=O) groups is 1. The van der Waals surface area contributed by atoms with Crippen LogP contribution in [0.25, 0.3) is 0 Å². The molecule has 4 rings (SSSR count). The number of nitrogens with zero attached hydrogens (tertiary/aromatic N) is 2. The molecule has 0 radical (unpaired) electrons. The third kappa shape index (κ3) is 5.13. The van der Waals surface area contributed by atoms with Crippen LogP contribution < -0.4 is 30.5 Å². The Hall–Kier alpha value is -3.08. The number of nitrogens with one attached hydrogen (secondary N) is 4. The number of thioether (sulfide) groups is 1. The highest BCUT2D eigenvalue weighted by atomic mass is 32.2. The number of carbonyl (C=O) groups excluding carboxylic acids is 1. The lowest BCUT2D eigenvalue weighted by Gasteiger charge is -2.36. The summed E-state index contributed by atoms with van der Waals surface area (Å²) in [4.78, 5) is 19.3. The van der Waals surface area contributed by atoms with Crippen molar-refractivity contribution >= 4 is 40.0 Å². The second-order valence-corrected chi connectivity index (χ2v) is 8.62. The van der Waals surface area contributed by atoms with Gasteiger partial charge < -0.3 is 14.8 Å². The lowest BCUT2D eigenvalue weighted by molar-refractivity contribution is -0.113. The van der Waals surface area contributed by atoms with Crippen molar-refractivity contribution in [2.45, 2.75) is 26.1 Å². The first kappa shape index (κ1) is 23.1. The summed E-state index contributed by atoms with van der Waals surface area (Å²) in [5.41, 5.74) is 7.79. The zero-order valence-electron chi connectivity index (χ0n) is 18.8. The van der Waals surface area contributed by atoms with E-state index in [1.54, 1.807) is 12.0 Å². The van der Waals surface area contributed by atoms with Crippen molar-refractivity contribution in [3.8, 4) is 11.5 Å². The SMILES string of the molecule is CCOc1ccc(NC(=O)CSC2=NC3NNC(C)C3C(=N)N2c2cccc(OC)c2)cc1. The maximum atomic E-state index is 12.6. The Kier molecular flexibility index (Phi) is 7.17. The summed E-state index contributed by atoms with van der Waals surface area (Å²) < 4.78 is 10.8. The molecule has 10 heteroatoms. The van der Waals surface area contributed by atoms with Crippen molar-refractivity contribution in [1.29, 1.82) is 5.41 Å². The van der Waals surface area contributed by atoms with Gasteiger partial charge in [-0.3, -0.25) is 20.5 Å². The first-order valence-corrected chi connectivity index (χ1v) is 11.8. The van der Waals surface area contributed by atoms with E-state index in [9.17, 15) is 4.79 Å². The van der Waals surface area contributed by atoms with E-state index in [2.05, 4.69) is 16.2 Å². The van der Waals surface area contributed by atoms with Gasteiger partial charge in [-0.2, -0.15) is 0 Å². The topological polar surface area (TPSA) is 111 Å². The molecule has 0 bridgehead atoms. The number of anilines is 2. The van der Waals surface area contributed by atoms with Gasteiger partial charge in [0.25, 0.3) is 0 Å². The van der Waals surface area contributed by atoms with E-state index < -0.39 is 0 Å². The van der Waals surface area contributed by atoms with Crippen molar-refractivity contribution in [1.82, 2.24) is 10.9 Å².